The Morgan fingerprint density at radius 3 is 2.79 bits per heavy atom. The number of nitrogens with one attached hydrogen (secondary N) is 1. The van der Waals surface area contributed by atoms with Crippen molar-refractivity contribution < 1.29 is 4.92 Å². The lowest BCUT2D eigenvalue weighted by Gasteiger charge is -2.31. The smallest absolute Gasteiger partial charge is 0.283 e. The molecule has 0 aromatic heterocycles. The van der Waals surface area contributed by atoms with E-state index in [9.17, 15) is 10.1 Å². The Balaban J connectivity index is 2.05. The van der Waals surface area contributed by atoms with Crippen LogP contribution in [0.1, 0.15) is 18.4 Å². The molecule has 0 amide bonds. The third-order valence-electron chi connectivity index (χ3n) is 3.57. The van der Waals surface area contributed by atoms with Gasteiger partial charge in [-0.1, -0.05) is 6.07 Å². The SMILES string of the molecule is CN(Cc1ccc(Br)c([N+](=O)[O-])c1)C1CCNCC1. The molecule has 104 valence electrons. The van der Waals surface area contributed by atoms with Crippen molar-refractivity contribution >= 4 is 21.6 Å². The van der Waals surface area contributed by atoms with E-state index in [1.165, 1.54) is 0 Å². The van der Waals surface area contributed by atoms with E-state index >= 15 is 0 Å². The fourth-order valence-electron chi connectivity index (χ4n) is 2.46. The van der Waals surface area contributed by atoms with Crippen molar-refractivity contribution in [1.29, 1.82) is 0 Å². The van der Waals surface area contributed by atoms with Crippen LogP contribution in [0.2, 0.25) is 0 Å². The van der Waals surface area contributed by atoms with Crippen LogP contribution in [-0.4, -0.2) is 36.0 Å². The molecular weight excluding hydrogens is 310 g/mol. The van der Waals surface area contributed by atoms with Gasteiger partial charge in [-0.3, -0.25) is 15.0 Å². The van der Waals surface area contributed by atoms with Crippen LogP contribution in [0.5, 0.6) is 0 Å². The van der Waals surface area contributed by atoms with Crippen molar-refractivity contribution in [3.8, 4) is 0 Å². The number of hydrogen-bond acceptors (Lipinski definition) is 4. The van der Waals surface area contributed by atoms with Gasteiger partial charge in [0.2, 0.25) is 0 Å². The van der Waals surface area contributed by atoms with E-state index in [1.54, 1.807) is 12.1 Å². The molecule has 0 atom stereocenters. The average Bonchev–Trinajstić information content (AvgIpc) is 2.41. The fourth-order valence-corrected chi connectivity index (χ4v) is 2.85. The number of nitro groups is 1. The lowest BCUT2D eigenvalue weighted by atomic mass is 10.0. The lowest BCUT2D eigenvalue weighted by Crippen LogP contribution is -2.40. The van der Waals surface area contributed by atoms with E-state index in [4.69, 9.17) is 0 Å². The van der Waals surface area contributed by atoms with Crippen LogP contribution < -0.4 is 5.32 Å². The first-order valence-electron chi connectivity index (χ1n) is 6.41. The fraction of sp³-hybridized carbons (Fsp3) is 0.538. The van der Waals surface area contributed by atoms with Crippen LogP contribution in [-0.2, 0) is 6.54 Å². The number of nitro benzene ring substituents is 1. The van der Waals surface area contributed by atoms with Crippen molar-refractivity contribution in [3.63, 3.8) is 0 Å². The number of benzene rings is 1. The molecule has 1 aromatic rings. The Labute approximate surface area is 121 Å². The van der Waals surface area contributed by atoms with Gasteiger partial charge in [-0.25, -0.2) is 0 Å². The first-order chi connectivity index (χ1) is 9.08. The number of rotatable bonds is 4. The molecule has 2 rings (SSSR count). The van der Waals surface area contributed by atoms with Gasteiger partial charge in [0.05, 0.1) is 9.40 Å². The lowest BCUT2D eigenvalue weighted by molar-refractivity contribution is -0.385. The number of nitrogens with zero attached hydrogens (tertiary/aromatic N) is 2. The summed E-state index contributed by atoms with van der Waals surface area (Å²) in [6.07, 6.45) is 2.27. The molecule has 1 aliphatic rings. The second kappa shape index (κ2) is 6.45. The molecule has 1 saturated heterocycles. The third-order valence-corrected chi connectivity index (χ3v) is 4.24. The van der Waals surface area contributed by atoms with E-state index in [-0.39, 0.29) is 10.6 Å². The minimum absolute atomic E-state index is 0.135. The maximum Gasteiger partial charge on any atom is 0.283 e. The van der Waals surface area contributed by atoms with Gasteiger partial charge in [0, 0.05) is 18.7 Å². The molecule has 0 aliphatic carbocycles. The predicted octanol–water partition coefficient (Wildman–Crippen LogP) is 2.54. The molecule has 1 heterocycles. The molecule has 1 aromatic carbocycles. The second-order valence-corrected chi connectivity index (χ2v) is 5.79. The molecule has 6 heteroatoms. The normalized spacial score (nSPS) is 16.8. The highest BCUT2D eigenvalue weighted by molar-refractivity contribution is 9.10. The second-order valence-electron chi connectivity index (χ2n) is 4.94. The molecular formula is C13H18BrN3O2. The molecule has 1 aliphatic heterocycles. The zero-order valence-electron chi connectivity index (χ0n) is 10.9. The summed E-state index contributed by atoms with van der Waals surface area (Å²) in [6, 6.07) is 5.91. The van der Waals surface area contributed by atoms with Crippen LogP contribution in [0.3, 0.4) is 0 Å². The third kappa shape index (κ3) is 3.75. The minimum Gasteiger partial charge on any atom is -0.317 e. The van der Waals surface area contributed by atoms with Crippen molar-refractivity contribution in [2.24, 2.45) is 0 Å². The van der Waals surface area contributed by atoms with E-state index in [0.29, 0.717) is 10.5 Å². The van der Waals surface area contributed by atoms with Gasteiger partial charge in [-0.05, 0) is 60.5 Å². The molecule has 0 unspecified atom stereocenters. The molecule has 1 N–H and O–H groups in total. The molecule has 0 saturated carbocycles. The van der Waals surface area contributed by atoms with E-state index < -0.39 is 0 Å². The molecule has 5 nitrogen and oxygen atoms in total. The van der Waals surface area contributed by atoms with E-state index in [2.05, 4.69) is 33.2 Å². The highest BCUT2D eigenvalue weighted by atomic mass is 79.9. The average molecular weight is 328 g/mol. The van der Waals surface area contributed by atoms with E-state index in [0.717, 1.165) is 38.0 Å². The summed E-state index contributed by atoms with van der Waals surface area (Å²) in [4.78, 5) is 12.9. The highest BCUT2D eigenvalue weighted by Crippen LogP contribution is 2.26. The Morgan fingerprint density at radius 2 is 2.16 bits per heavy atom. The standard InChI is InChI=1S/C13H18BrN3O2/c1-16(11-4-6-15-7-5-11)9-10-2-3-12(14)13(8-10)17(18)19/h2-3,8,11,15H,4-7,9H2,1H3. The van der Waals surface area contributed by atoms with Crippen LogP contribution in [0, 0.1) is 10.1 Å². The van der Waals surface area contributed by atoms with Crippen LogP contribution >= 0.6 is 15.9 Å². The van der Waals surface area contributed by atoms with Crippen molar-refractivity contribution in [2.75, 3.05) is 20.1 Å². The zero-order valence-corrected chi connectivity index (χ0v) is 12.5. The summed E-state index contributed by atoms with van der Waals surface area (Å²) in [5.41, 5.74) is 1.12. The Bertz CT molecular complexity index is 461. The van der Waals surface area contributed by atoms with Crippen LogP contribution in [0.4, 0.5) is 5.69 Å². The highest BCUT2D eigenvalue weighted by Gasteiger charge is 2.19. The zero-order chi connectivity index (χ0) is 13.8. The summed E-state index contributed by atoms with van der Waals surface area (Å²) < 4.78 is 0.533. The van der Waals surface area contributed by atoms with Gasteiger partial charge in [-0.2, -0.15) is 0 Å². The minimum atomic E-state index is -0.349. The maximum atomic E-state index is 10.9. The largest absolute Gasteiger partial charge is 0.317 e. The van der Waals surface area contributed by atoms with Gasteiger partial charge < -0.3 is 5.32 Å². The Morgan fingerprint density at radius 1 is 1.47 bits per heavy atom. The van der Waals surface area contributed by atoms with Gasteiger partial charge in [-0.15, -0.1) is 0 Å². The molecule has 0 bridgehead atoms. The molecule has 19 heavy (non-hydrogen) atoms. The molecule has 0 spiro atoms. The quantitative estimate of drug-likeness (QED) is 0.682. The van der Waals surface area contributed by atoms with Crippen molar-refractivity contribution in [1.82, 2.24) is 10.2 Å². The van der Waals surface area contributed by atoms with Gasteiger partial charge in [0.25, 0.3) is 5.69 Å². The van der Waals surface area contributed by atoms with Crippen LogP contribution in [0.25, 0.3) is 0 Å². The van der Waals surface area contributed by atoms with E-state index in [1.807, 2.05) is 6.07 Å². The topological polar surface area (TPSA) is 58.4 Å². The number of piperidine rings is 1. The van der Waals surface area contributed by atoms with Gasteiger partial charge in [0.1, 0.15) is 0 Å². The molecule has 1 fully saturated rings. The summed E-state index contributed by atoms with van der Waals surface area (Å²) >= 11 is 3.21. The Kier molecular flexibility index (Phi) is 4.90. The summed E-state index contributed by atoms with van der Waals surface area (Å²) in [6.45, 7) is 2.85. The summed E-state index contributed by atoms with van der Waals surface area (Å²) in [5.74, 6) is 0. The summed E-state index contributed by atoms with van der Waals surface area (Å²) in [5, 5.41) is 14.3. The van der Waals surface area contributed by atoms with Gasteiger partial charge in [0.15, 0.2) is 0 Å². The first-order valence-corrected chi connectivity index (χ1v) is 7.21. The first kappa shape index (κ1) is 14.4. The maximum absolute atomic E-state index is 10.9. The summed E-state index contributed by atoms with van der Waals surface area (Å²) in [7, 11) is 2.09. The predicted molar refractivity (Wildman–Crippen MR) is 78.2 cm³/mol. The molecule has 0 radical (unpaired) electrons. The van der Waals surface area contributed by atoms with Crippen LogP contribution in [0.15, 0.2) is 22.7 Å². The van der Waals surface area contributed by atoms with Crippen molar-refractivity contribution in [2.45, 2.75) is 25.4 Å². The van der Waals surface area contributed by atoms with Gasteiger partial charge >= 0.3 is 0 Å². The number of halogens is 1. The monoisotopic (exact) mass is 327 g/mol. The number of hydrogen-bond donors (Lipinski definition) is 1. The van der Waals surface area contributed by atoms with Crippen molar-refractivity contribution in [3.05, 3.63) is 38.3 Å². The Hall–Kier alpha value is -0.980.